The molecule has 26 heavy (non-hydrogen) atoms. The molecule has 0 fully saturated rings. The SMILES string of the molecule is CNC(C)CN(Cc1cc(-c2ccc(C)cc2)on1)C(C=O)CC(C)C. The smallest absolute Gasteiger partial charge is 0.167 e. The van der Waals surface area contributed by atoms with E-state index >= 15 is 0 Å². The highest BCUT2D eigenvalue weighted by molar-refractivity contribution is 5.58. The molecule has 0 radical (unpaired) electrons. The molecule has 0 amide bonds. The van der Waals surface area contributed by atoms with Crippen molar-refractivity contribution in [1.29, 1.82) is 0 Å². The van der Waals surface area contributed by atoms with E-state index in [1.807, 2.05) is 25.2 Å². The number of carbonyl (C=O) groups excluding carboxylic acids is 1. The Morgan fingerprint density at radius 2 is 1.92 bits per heavy atom. The van der Waals surface area contributed by atoms with Gasteiger partial charge in [0.25, 0.3) is 0 Å². The van der Waals surface area contributed by atoms with Crippen molar-refractivity contribution in [3.63, 3.8) is 0 Å². The van der Waals surface area contributed by atoms with Crippen LogP contribution in [0.5, 0.6) is 0 Å². The Hall–Kier alpha value is -1.98. The molecule has 0 aliphatic rings. The quantitative estimate of drug-likeness (QED) is 0.658. The summed E-state index contributed by atoms with van der Waals surface area (Å²) in [4.78, 5) is 13.9. The first-order valence-corrected chi connectivity index (χ1v) is 9.32. The van der Waals surface area contributed by atoms with E-state index in [0.29, 0.717) is 12.5 Å². The predicted octanol–water partition coefficient (Wildman–Crippen LogP) is 3.67. The van der Waals surface area contributed by atoms with Gasteiger partial charge in [-0.05, 0) is 33.2 Å². The number of hydrogen-bond donors (Lipinski definition) is 1. The number of rotatable bonds is 10. The van der Waals surface area contributed by atoms with E-state index in [1.54, 1.807) is 0 Å². The van der Waals surface area contributed by atoms with Crippen molar-refractivity contribution in [3.05, 3.63) is 41.6 Å². The molecule has 0 saturated heterocycles. The van der Waals surface area contributed by atoms with Crippen molar-refractivity contribution in [2.24, 2.45) is 5.92 Å². The van der Waals surface area contributed by atoms with Gasteiger partial charge in [0.15, 0.2) is 5.76 Å². The average Bonchev–Trinajstić information content (AvgIpc) is 3.08. The van der Waals surface area contributed by atoms with Gasteiger partial charge in [-0.2, -0.15) is 0 Å². The number of carbonyl (C=O) groups is 1. The number of nitrogens with zero attached hydrogens (tertiary/aromatic N) is 2. The Labute approximate surface area is 156 Å². The van der Waals surface area contributed by atoms with E-state index in [-0.39, 0.29) is 12.1 Å². The summed E-state index contributed by atoms with van der Waals surface area (Å²) >= 11 is 0. The standard InChI is InChI=1S/C21H31N3O2/c1-15(2)10-20(14-25)24(12-17(4)22-5)13-19-11-21(26-23-19)18-8-6-16(3)7-9-18/h6-9,11,14-15,17,20,22H,10,12-13H2,1-5H3. The molecule has 0 aliphatic carbocycles. The molecule has 2 atom stereocenters. The number of benzene rings is 1. The van der Waals surface area contributed by atoms with Crippen LogP contribution >= 0.6 is 0 Å². The van der Waals surface area contributed by atoms with Crippen molar-refractivity contribution < 1.29 is 9.32 Å². The van der Waals surface area contributed by atoms with Crippen LogP contribution in [0, 0.1) is 12.8 Å². The maximum atomic E-state index is 11.7. The maximum Gasteiger partial charge on any atom is 0.167 e. The fourth-order valence-corrected chi connectivity index (χ4v) is 2.98. The molecule has 1 N–H and O–H groups in total. The van der Waals surface area contributed by atoms with Gasteiger partial charge in [0.1, 0.15) is 6.29 Å². The summed E-state index contributed by atoms with van der Waals surface area (Å²) in [5.74, 6) is 1.21. The zero-order chi connectivity index (χ0) is 19.1. The molecule has 1 aromatic carbocycles. The maximum absolute atomic E-state index is 11.7. The summed E-state index contributed by atoms with van der Waals surface area (Å²) in [6.45, 7) is 9.83. The fourth-order valence-electron chi connectivity index (χ4n) is 2.98. The first-order chi connectivity index (χ1) is 12.4. The van der Waals surface area contributed by atoms with E-state index in [2.05, 4.69) is 55.2 Å². The predicted molar refractivity (Wildman–Crippen MR) is 105 cm³/mol. The monoisotopic (exact) mass is 357 g/mol. The summed E-state index contributed by atoms with van der Waals surface area (Å²) in [6, 6.07) is 10.3. The lowest BCUT2D eigenvalue weighted by Crippen LogP contribution is -2.44. The minimum absolute atomic E-state index is 0.120. The number of hydrogen-bond acceptors (Lipinski definition) is 5. The highest BCUT2D eigenvalue weighted by atomic mass is 16.5. The van der Waals surface area contributed by atoms with Gasteiger partial charge in [0.05, 0.1) is 11.7 Å². The molecule has 1 aromatic heterocycles. The minimum atomic E-state index is -0.120. The summed E-state index contributed by atoms with van der Waals surface area (Å²) in [7, 11) is 1.94. The van der Waals surface area contributed by atoms with E-state index in [9.17, 15) is 4.79 Å². The Morgan fingerprint density at radius 1 is 1.23 bits per heavy atom. The van der Waals surface area contributed by atoms with Gasteiger partial charge in [-0.25, -0.2) is 0 Å². The number of aldehydes is 1. The Bertz CT molecular complexity index is 679. The molecule has 2 rings (SSSR count). The average molecular weight is 357 g/mol. The van der Waals surface area contributed by atoms with Crippen molar-refractivity contribution in [2.75, 3.05) is 13.6 Å². The molecular formula is C21H31N3O2. The van der Waals surface area contributed by atoms with Crippen molar-refractivity contribution in [2.45, 2.75) is 52.7 Å². The molecule has 0 spiro atoms. The topological polar surface area (TPSA) is 58.4 Å². The van der Waals surface area contributed by atoms with Crippen molar-refractivity contribution in [3.8, 4) is 11.3 Å². The van der Waals surface area contributed by atoms with Crippen LogP contribution in [0.3, 0.4) is 0 Å². The van der Waals surface area contributed by atoms with Gasteiger partial charge in [-0.3, -0.25) is 4.90 Å². The summed E-state index contributed by atoms with van der Waals surface area (Å²) < 4.78 is 5.54. The van der Waals surface area contributed by atoms with Gasteiger partial charge in [0, 0.05) is 30.8 Å². The molecule has 142 valence electrons. The number of nitrogens with one attached hydrogen (secondary N) is 1. The first kappa shape index (κ1) is 20.3. The normalized spacial score (nSPS) is 14.0. The molecular weight excluding hydrogens is 326 g/mol. The van der Waals surface area contributed by atoms with E-state index in [4.69, 9.17) is 4.52 Å². The third-order valence-corrected chi connectivity index (χ3v) is 4.60. The van der Waals surface area contributed by atoms with Crippen LogP contribution in [0.1, 0.15) is 38.4 Å². The first-order valence-electron chi connectivity index (χ1n) is 9.32. The zero-order valence-electron chi connectivity index (χ0n) is 16.5. The number of aryl methyl sites for hydroxylation is 1. The largest absolute Gasteiger partial charge is 0.356 e. The summed E-state index contributed by atoms with van der Waals surface area (Å²) in [6.07, 6.45) is 1.89. The summed E-state index contributed by atoms with van der Waals surface area (Å²) in [5.41, 5.74) is 3.07. The Balaban J connectivity index is 2.16. The third-order valence-electron chi connectivity index (χ3n) is 4.60. The molecule has 5 heteroatoms. The number of aromatic nitrogens is 1. The molecule has 0 bridgehead atoms. The van der Waals surface area contributed by atoms with E-state index in [0.717, 1.165) is 36.3 Å². The second kappa shape index (κ2) is 9.64. The Morgan fingerprint density at radius 3 is 2.50 bits per heavy atom. The minimum Gasteiger partial charge on any atom is -0.356 e. The second-order valence-electron chi connectivity index (χ2n) is 7.50. The van der Waals surface area contributed by atoms with E-state index in [1.165, 1.54) is 5.56 Å². The lowest BCUT2D eigenvalue weighted by Gasteiger charge is -2.30. The van der Waals surface area contributed by atoms with Crippen LogP contribution in [0.25, 0.3) is 11.3 Å². The highest BCUT2D eigenvalue weighted by Gasteiger charge is 2.22. The van der Waals surface area contributed by atoms with Crippen LogP contribution in [-0.2, 0) is 11.3 Å². The summed E-state index contributed by atoms with van der Waals surface area (Å²) in [5, 5.41) is 7.48. The van der Waals surface area contributed by atoms with Crippen LogP contribution in [0.2, 0.25) is 0 Å². The zero-order valence-corrected chi connectivity index (χ0v) is 16.5. The molecule has 2 aromatic rings. The van der Waals surface area contributed by atoms with Crippen LogP contribution in [-0.4, -0.2) is 42.0 Å². The van der Waals surface area contributed by atoms with Gasteiger partial charge >= 0.3 is 0 Å². The number of likely N-dealkylation sites (N-methyl/N-ethyl adjacent to an activating group) is 1. The molecule has 0 aliphatic heterocycles. The lowest BCUT2D eigenvalue weighted by molar-refractivity contribution is -0.113. The van der Waals surface area contributed by atoms with Gasteiger partial charge in [0.2, 0.25) is 0 Å². The fraction of sp³-hybridized carbons (Fsp3) is 0.524. The van der Waals surface area contributed by atoms with Gasteiger partial charge in [-0.15, -0.1) is 0 Å². The molecule has 0 saturated carbocycles. The third kappa shape index (κ3) is 5.78. The lowest BCUT2D eigenvalue weighted by atomic mass is 10.0. The van der Waals surface area contributed by atoms with Gasteiger partial charge in [-0.1, -0.05) is 48.8 Å². The molecule has 5 nitrogen and oxygen atoms in total. The van der Waals surface area contributed by atoms with Crippen LogP contribution in [0.4, 0.5) is 0 Å². The Kier molecular flexibility index (Phi) is 7.54. The van der Waals surface area contributed by atoms with Crippen molar-refractivity contribution in [1.82, 2.24) is 15.4 Å². The van der Waals surface area contributed by atoms with Crippen molar-refractivity contribution >= 4 is 6.29 Å². The van der Waals surface area contributed by atoms with E-state index < -0.39 is 0 Å². The highest BCUT2D eigenvalue weighted by Crippen LogP contribution is 2.22. The second-order valence-corrected chi connectivity index (χ2v) is 7.50. The van der Waals surface area contributed by atoms with Crippen LogP contribution in [0.15, 0.2) is 34.9 Å². The molecule has 1 heterocycles. The van der Waals surface area contributed by atoms with Crippen LogP contribution < -0.4 is 5.32 Å². The molecule has 2 unspecified atom stereocenters. The van der Waals surface area contributed by atoms with Gasteiger partial charge < -0.3 is 14.6 Å².